The van der Waals surface area contributed by atoms with Gasteiger partial charge in [-0.05, 0) is 48.9 Å². The Labute approximate surface area is 197 Å². The number of hydrogen-bond donors (Lipinski definition) is 0. The number of ketones is 1. The number of oxime groups is 1. The summed E-state index contributed by atoms with van der Waals surface area (Å²) in [4.78, 5) is 51.9. The van der Waals surface area contributed by atoms with Crippen LogP contribution in [-0.4, -0.2) is 27.3 Å². The zero-order valence-electron chi connectivity index (χ0n) is 18.0. The first kappa shape index (κ1) is 24.3. The average molecular weight is 479 g/mol. The molecule has 0 saturated heterocycles. The van der Waals surface area contributed by atoms with Gasteiger partial charge in [0.05, 0.1) is 15.4 Å². The summed E-state index contributed by atoms with van der Waals surface area (Å²) in [5.41, 5.74) is -0.172. The van der Waals surface area contributed by atoms with Gasteiger partial charge in [0.15, 0.2) is 5.71 Å². The van der Waals surface area contributed by atoms with Crippen molar-refractivity contribution in [1.29, 1.82) is 0 Å². The van der Waals surface area contributed by atoms with Crippen molar-refractivity contribution in [2.45, 2.75) is 23.6 Å². The molecule has 0 bridgehead atoms. The predicted octanol–water partition coefficient (Wildman–Crippen LogP) is 5.11. The van der Waals surface area contributed by atoms with E-state index >= 15 is 0 Å². The van der Waals surface area contributed by atoms with Crippen LogP contribution < -0.4 is 0 Å². The van der Waals surface area contributed by atoms with Crippen LogP contribution >= 0.6 is 11.8 Å². The number of Topliss-reactive ketones (excluding diaryl/α,β-unsaturated/α-hetero) is 1. The highest BCUT2D eigenvalue weighted by atomic mass is 32.2. The average Bonchev–Trinajstić information content (AvgIpc) is 2.80. The van der Waals surface area contributed by atoms with Crippen LogP contribution in [0.3, 0.4) is 0 Å². The van der Waals surface area contributed by atoms with E-state index in [-0.39, 0.29) is 28.2 Å². The van der Waals surface area contributed by atoms with Crippen LogP contribution in [0.1, 0.15) is 28.4 Å². The highest BCUT2D eigenvalue weighted by Gasteiger charge is 2.27. The largest absolute Gasteiger partial charge is 0.332 e. The summed E-state index contributed by atoms with van der Waals surface area (Å²) in [7, 11) is 0. The molecule has 34 heavy (non-hydrogen) atoms. The fourth-order valence-corrected chi connectivity index (χ4v) is 3.82. The molecule has 0 spiro atoms. The number of carbonyl (C=O) groups excluding carboxylic acids is 2. The maximum atomic E-state index is 13.2. The van der Waals surface area contributed by atoms with Crippen LogP contribution in [0.2, 0.25) is 0 Å². The molecule has 172 valence electrons. The number of non-ortho nitro benzene ring substituents is 1. The zero-order chi connectivity index (χ0) is 24.8. The highest BCUT2D eigenvalue weighted by molar-refractivity contribution is 7.99. The van der Waals surface area contributed by atoms with Crippen LogP contribution in [0.4, 0.5) is 11.4 Å². The van der Waals surface area contributed by atoms with Gasteiger partial charge in [0.25, 0.3) is 11.4 Å². The number of hydrogen-bond acceptors (Lipinski definition) is 9. The summed E-state index contributed by atoms with van der Waals surface area (Å²) in [5.74, 6) is -1.44. The van der Waals surface area contributed by atoms with Crippen molar-refractivity contribution >= 4 is 40.6 Å². The van der Waals surface area contributed by atoms with Crippen LogP contribution in [0.5, 0.6) is 0 Å². The molecule has 0 aliphatic rings. The molecule has 10 nitrogen and oxygen atoms in total. The minimum atomic E-state index is -0.781. The van der Waals surface area contributed by atoms with Crippen molar-refractivity contribution in [3.63, 3.8) is 0 Å². The molecule has 0 aromatic heterocycles. The van der Waals surface area contributed by atoms with Crippen LogP contribution in [0, 0.1) is 27.2 Å². The van der Waals surface area contributed by atoms with Crippen molar-refractivity contribution in [2.24, 2.45) is 5.16 Å². The van der Waals surface area contributed by atoms with Crippen LogP contribution in [0.15, 0.2) is 81.7 Å². The second-order valence-corrected chi connectivity index (χ2v) is 8.10. The van der Waals surface area contributed by atoms with Crippen molar-refractivity contribution < 1.29 is 24.3 Å². The molecule has 0 amide bonds. The molecule has 0 atom stereocenters. The van der Waals surface area contributed by atoms with Gasteiger partial charge in [-0.15, -0.1) is 0 Å². The van der Waals surface area contributed by atoms with Crippen LogP contribution in [-0.2, 0) is 9.63 Å². The molecule has 0 unspecified atom stereocenters. The first-order valence-corrected chi connectivity index (χ1v) is 10.6. The van der Waals surface area contributed by atoms with Gasteiger partial charge in [-0.25, -0.2) is 4.79 Å². The standard InChI is InChI=1S/C23H17N3O7S/c1-14-4-3-5-20(26(31)32)21(14)22(24-33-15(2)27)23(28)16-6-10-18(11-7-16)34-19-12-8-17(9-13-19)25(29)30/h3-13H,1-2H3/b24-22+. The zero-order valence-corrected chi connectivity index (χ0v) is 18.8. The minimum absolute atomic E-state index is 0.0183. The third kappa shape index (κ3) is 5.70. The molecule has 3 aromatic carbocycles. The number of benzene rings is 3. The fraction of sp³-hybridized carbons (Fsp3) is 0.0870. The van der Waals surface area contributed by atoms with E-state index in [1.165, 1.54) is 48.2 Å². The first-order valence-electron chi connectivity index (χ1n) is 9.74. The van der Waals surface area contributed by atoms with E-state index in [2.05, 4.69) is 9.99 Å². The van der Waals surface area contributed by atoms with Crippen molar-refractivity contribution in [3.05, 3.63) is 104 Å². The number of nitro groups is 2. The molecule has 3 aromatic rings. The molecule has 0 aliphatic heterocycles. The van der Waals surface area contributed by atoms with E-state index in [4.69, 9.17) is 0 Å². The van der Waals surface area contributed by atoms with Gasteiger partial charge in [-0.1, -0.05) is 29.1 Å². The number of carbonyl (C=O) groups is 2. The quantitative estimate of drug-likeness (QED) is 0.143. The SMILES string of the molecule is CC(=O)O/N=C(/C(=O)c1ccc(Sc2ccc([N+](=O)[O-])cc2)cc1)c1c(C)cccc1[N+](=O)[O-]. The summed E-state index contributed by atoms with van der Waals surface area (Å²) < 4.78 is 0. The van der Waals surface area contributed by atoms with Crippen molar-refractivity contribution in [1.82, 2.24) is 0 Å². The predicted molar refractivity (Wildman–Crippen MR) is 124 cm³/mol. The van der Waals surface area contributed by atoms with Crippen molar-refractivity contribution in [2.75, 3.05) is 0 Å². The van der Waals surface area contributed by atoms with Gasteiger partial charge >= 0.3 is 5.97 Å². The van der Waals surface area contributed by atoms with Crippen LogP contribution in [0.25, 0.3) is 0 Å². The normalized spacial score (nSPS) is 11.1. The Bertz CT molecular complexity index is 1300. The molecule has 3 rings (SSSR count). The van der Waals surface area contributed by atoms with Crippen molar-refractivity contribution in [3.8, 4) is 0 Å². The summed E-state index contributed by atoms with van der Waals surface area (Å²) >= 11 is 1.33. The Morgan fingerprint density at radius 2 is 1.47 bits per heavy atom. The second-order valence-electron chi connectivity index (χ2n) is 6.96. The van der Waals surface area contributed by atoms with E-state index in [1.807, 2.05) is 0 Å². The highest BCUT2D eigenvalue weighted by Crippen LogP contribution is 2.30. The molecule has 0 aliphatic carbocycles. The lowest BCUT2D eigenvalue weighted by molar-refractivity contribution is -0.385. The molecule has 0 saturated carbocycles. The maximum absolute atomic E-state index is 13.2. The Balaban J connectivity index is 1.92. The van der Waals surface area contributed by atoms with Gasteiger partial charge in [-0.2, -0.15) is 0 Å². The maximum Gasteiger partial charge on any atom is 0.332 e. The molecule has 0 N–H and O–H groups in total. The Hall–Kier alpha value is -4.38. The van der Waals surface area contributed by atoms with Gasteiger partial charge < -0.3 is 4.84 Å². The van der Waals surface area contributed by atoms with E-state index in [0.29, 0.717) is 5.56 Å². The van der Waals surface area contributed by atoms with Gasteiger partial charge in [0.1, 0.15) is 0 Å². The first-order chi connectivity index (χ1) is 16.2. The fourth-order valence-electron chi connectivity index (χ4n) is 3.01. The summed E-state index contributed by atoms with van der Waals surface area (Å²) in [6, 6.07) is 16.7. The number of rotatable bonds is 8. The third-order valence-corrected chi connectivity index (χ3v) is 5.58. The van der Waals surface area contributed by atoms with E-state index in [9.17, 15) is 29.8 Å². The smallest absolute Gasteiger partial charge is 0.318 e. The van der Waals surface area contributed by atoms with E-state index < -0.39 is 21.6 Å². The lowest BCUT2D eigenvalue weighted by Gasteiger charge is -2.10. The lowest BCUT2D eigenvalue weighted by atomic mass is 9.96. The monoisotopic (exact) mass is 479 g/mol. The molecular formula is C23H17N3O7S. The van der Waals surface area contributed by atoms with Gasteiger partial charge in [0.2, 0.25) is 5.78 Å². The Morgan fingerprint density at radius 3 is 2.00 bits per heavy atom. The molecule has 11 heteroatoms. The molecule has 0 radical (unpaired) electrons. The molecular weight excluding hydrogens is 462 g/mol. The van der Waals surface area contributed by atoms with Gasteiger partial charge in [0, 0.05) is 40.5 Å². The number of nitrogens with zero attached hydrogens (tertiary/aromatic N) is 3. The second kappa shape index (κ2) is 10.5. The van der Waals surface area contributed by atoms with Gasteiger partial charge in [-0.3, -0.25) is 25.0 Å². The summed E-state index contributed by atoms with van der Waals surface area (Å²) in [6.07, 6.45) is 0. The number of aryl methyl sites for hydroxylation is 1. The topological polar surface area (TPSA) is 142 Å². The summed E-state index contributed by atoms with van der Waals surface area (Å²) in [6.45, 7) is 2.69. The minimum Gasteiger partial charge on any atom is -0.318 e. The third-order valence-electron chi connectivity index (χ3n) is 4.56. The van der Waals surface area contributed by atoms with E-state index in [1.54, 1.807) is 37.3 Å². The lowest BCUT2D eigenvalue weighted by Crippen LogP contribution is -2.20. The number of nitro benzene ring substituents is 2. The Morgan fingerprint density at radius 1 is 0.882 bits per heavy atom. The van der Waals surface area contributed by atoms with E-state index in [0.717, 1.165) is 16.7 Å². The molecule has 0 fully saturated rings. The molecule has 0 heterocycles. The Kier molecular flexibility index (Phi) is 7.49. The summed E-state index contributed by atoms with van der Waals surface area (Å²) in [5, 5.41) is 26.0.